The van der Waals surface area contributed by atoms with Crippen molar-refractivity contribution < 1.29 is 193 Å². The first-order valence-electron chi connectivity index (χ1n) is 14.4. The molecule has 0 amide bonds. The van der Waals surface area contributed by atoms with Crippen LogP contribution in [0.5, 0.6) is 5.75 Å². The molecule has 46 heteroatoms. The van der Waals surface area contributed by atoms with Gasteiger partial charge >= 0.3 is 94.4 Å². The average molecular weight is 1160 g/mol. The van der Waals surface area contributed by atoms with Gasteiger partial charge in [0.1, 0.15) is 0 Å². The summed E-state index contributed by atoms with van der Waals surface area (Å²) in [5.41, 5.74) is -19.8. The third-order valence-electron chi connectivity index (χ3n) is 7.99. The molecule has 0 spiro atoms. The van der Waals surface area contributed by atoms with Crippen molar-refractivity contribution in [2.45, 2.75) is 99.0 Å². The van der Waals surface area contributed by atoms with Crippen LogP contribution in [0.15, 0.2) is 0 Å². The molecule has 69 heavy (non-hydrogen) atoms. The summed E-state index contributed by atoms with van der Waals surface area (Å²) < 4.78 is 575. The number of alkyl halides is 35. The SMILES string of the molecule is O=S(=O)(C(c1c(F)c(F)c(OC(F)(F)C(F)(F)C(F)(F)C(F)(F)C(F)(F)C(F)(F)C(F)(F)C(F)(F)C(F)(F)C(F)(F)C(F)(F)C(F)(F)C(F)(F)C(F)(F)F)c(F)c1F)S(=O)(=O)C(F)(F)F)C(F)(F)F. The predicted molar refractivity (Wildman–Crippen MR) is 130 cm³/mol. The monoisotopic (exact) mass is 1160 g/mol. The predicted octanol–water partition coefficient (Wildman–Crippen LogP) is 12.3. The Labute approximate surface area is 346 Å². The second kappa shape index (κ2) is 16.1. The summed E-state index contributed by atoms with van der Waals surface area (Å²) >= 11 is 0. The van der Waals surface area contributed by atoms with Crippen LogP contribution in [-0.2, 0) is 19.7 Å². The molecule has 0 atom stereocenters. The van der Waals surface area contributed by atoms with E-state index in [9.17, 15) is 188 Å². The molecular formula is C23HF39O5S2. The minimum Gasteiger partial charge on any atom is -0.421 e. The van der Waals surface area contributed by atoms with Gasteiger partial charge in [-0.15, -0.1) is 0 Å². The lowest BCUT2D eigenvalue weighted by Crippen LogP contribution is -2.79. The van der Waals surface area contributed by atoms with Gasteiger partial charge in [0, 0.05) is 0 Å². The van der Waals surface area contributed by atoms with Crippen LogP contribution in [0.2, 0.25) is 0 Å². The van der Waals surface area contributed by atoms with E-state index >= 15 is 0 Å². The van der Waals surface area contributed by atoms with Crippen molar-refractivity contribution in [3.8, 4) is 5.75 Å². The summed E-state index contributed by atoms with van der Waals surface area (Å²) in [6.07, 6.45) is -17.4. The maximum atomic E-state index is 14.6. The highest BCUT2D eigenvalue weighted by atomic mass is 32.3. The zero-order chi connectivity index (χ0) is 56.7. The number of benzene rings is 1. The molecule has 0 saturated carbocycles. The van der Waals surface area contributed by atoms with Crippen LogP contribution < -0.4 is 4.74 Å². The quantitative estimate of drug-likeness (QED) is 0.115. The van der Waals surface area contributed by atoms with Gasteiger partial charge in [-0.3, -0.25) is 0 Å². The lowest BCUT2D eigenvalue weighted by molar-refractivity contribution is -0.490. The normalized spacial score (nSPS) is 16.4. The fraction of sp³-hybridized carbons (Fsp3) is 0.739. The largest absolute Gasteiger partial charge is 0.499 e. The Morgan fingerprint density at radius 3 is 0.667 bits per heavy atom. The van der Waals surface area contributed by atoms with Crippen LogP contribution in [0.3, 0.4) is 0 Å². The highest BCUT2D eigenvalue weighted by Gasteiger charge is 3.01. The molecule has 0 bridgehead atoms. The van der Waals surface area contributed by atoms with Gasteiger partial charge in [0.2, 0.25) is 22.0 Å². The molecular weight excluding hydrogens is 1160 g/mol. The molecule has 0 N–H and O–H groups in total. The van der Waals surface area contributed by atoms with Gasteiger partial charge in [0.15, 0.2) is 11.6 Å². The summed E-state index contributed by atoms with van der Waals surface area (Å²) in [7, 11) is -17.3. The molecule has 1 rings (SSSR count). The van der Waals surface area contributed by atoms with Crippen molar-refractivity contribution in [2.24, 2.45) is 0 Å². The van der Waals surface area contributed by atoms with E-state index in [0.29, 0.717) is 0 Å². The van der Waals surface area contributed by atoms with Gasteiger partial charge in [0.05, 0.1) is 5.56 Å². The Hall–Kier alpha value is -3.81. The van der Waals surface area contributed by atoms with Crippen molar-refractivity contribution in [1.29, 1.82) is 0 Å². The standard InChI is InChI=1S/C23HF39O5S2/c24-2-1(7(68(63,64)22(57,58)59)69(65,66)23(60,61)62)3(25)5(27)6(4(2)26)67-21(55,56)19(50,51)17(46,47)15(42,43)13(38,39)11(34,35)9(30,31)8(28,29)10(32,33)12(36,37)14(40,41)16(44,45)18(48,49)20(52,53)54/h7H. The Balaban J connectivity index is 4.22. The number of ether oxygens (including phenoxy) is 1. The molecule has 1 aromatic carbocycles. The number of halogens is 39. The Morgan fingerprint density at radius 1 is 0.290 bits per heavy atom. The van der Waals surface area contributed by atoms with Crippen LogP contribution in [0.25, 0.3) is 0 Å². The minimum atomic E-state index is -10.4. The highest BCUT2D eigenvalue weighted by Crippen LogP contribution is 2.69. The van der Waals surface area contributed by atoms with Crippen LogP contribution in [-0.4, -0.2) is 111 Å². The minimum absolute atomic E-state index is 1.71. The van der Waals surface area contributed by atoms with E-state index in [-0.39, 0.29) is 0 Å². The molecule has 0 fully saturated rings. The van der Waals surface area contributed by atoms with Crippen molar-refractivity contribution in [1.82, 2.24) is 0 Å². The number of rotatable bonds is 17. The number of hydrogen-bond acceptors (Lipinski definition) is 5. The first kappa shape index (κ1) is 63.2. The van der Waals surface area contributed by atoms with Gasteiger partial charge in [0.25, 0.3) is 19.7 Å². The van der Waals surface area contributed by atoms with E-state index in [4.69, 9.17) is 0 Å². The molecule has 5 nitrogen and oxygen atoms in total. The maximum absolute atomic E-state index is 14.6. The van der Waals surface area contributed by atoms with Crippen molar-refractivity contribution >= 4 is 19.7 Å². The van der Waals surface area contributed by atoms with Gasteiger partial charge in [-0.25, -0.2) is 25.6 Å². The van der Waals surface area contributed by atoms with Crippen LogP contribution >= 0.6 is 0 Å². The molecule has 0 aliphatic heterocycles. The molecule has 0 saturated heterocycles. The third kappa shape index (κ3) is 8.00. The van der Waals surface area contributed by atoms with E-state index < -0.39 is 153 Å². The second-order valence-corrected chi connectivity index (χ2v) is 16.7. The molecule has 0 aromatic heterocycles. The Morgan fingerprint density at radius 2 is 0.478 bits per heavy atom. The van der Waals surface area contributed by atoms with Gasteiger partial charge < -0.3 is 4.74 Å². The van der Waals surface area contributed by atoms with Gasteiger partial charge in [-0.2, -0.15) is 162 Å². The van der Waals surface area contributed by atoms with Crippen LogP contribution in [0.1, 0.15) is 10.1 Å². The van der Waals surface area contributed by atoms with Crippen molar-refractivity contribution in [3.05, 3.63) is 28.8 Å². The zero-order valence-corrected chi connectivity index (χ0v) is 30.8. The van der Waals surface area contributed by atoms with E-state index in [2.05, 4.69) is 0 Å². The lowest BCUT2D eigenvalue weighted by atomic mass is 9.84. The summed E-state index contributed by atoms with van der Waals surface area (Å²) in [6, 6.07) is 0. The fourth-order valence-electron chi connectivity index (χ4n) is 4.17. The number of sulfone groups is 2. The molecule has 1 aromatic rings. The summed E-state index contributed by atoms with van der Waals surface area (Å²) in [5.74, 6) is -144. The zero-order valence-electron chi connectivity index (χ0n) is 29.2. The molecule has 0 heterocycles. The topological polar surface area (TPSA) is 77.5 Å². The Kier molecular flexibility index (Phi) is 14.7. The first-order valence-corrected chi connectivity index (χ1v) is 17.5. The molecule has 408 valence electrons. The maximum Gasteiger partial charge on any atom is 0.499 e. The van der Waals surface area contributed by atoms with E-state index in [1.165, 1.54) is 0 Å². The summed E-state index contributed by atoms with van der Waals surface area (Å²) in [4.78, 5) is 0. The van der Waals surface area contributed by atoms with Crippen molar-refractivity contribution in [2.75, 3.05) is 0 Å². The molecule has 0 aliphatic rings. The fourth-order valence-corrected chi connectivity index (χ4v) is 7.68. The smallest absolute Gasteiger partial charge is 0.421 e. The first-order chi connectivity index (χ1) is 29.2. The van der Waals surface area contributed by atoms with Gasteiger partial charge in [-0.1, -0.05) is 0 Å². The van der Waals surface area contributed by atoms with E-state index in [1.807, 2.05) is 0 Å². The van der Waals surface area contributed by atoms with E-state index in [1.54, 1.807) is 4.74 Å². The Bertz CT molecular complexity index is 2280. The molecule has 0 unspecified atom stereocenters. The van der Waals surface area contributed by atoms with E-state index in [0.717, 1.165) is 0 Å². The summed E-state index contributed by atoms with van der Waals surface area (Å²) in [6.45, 7) is 0. The lowest BCUT2D eigenvalue weighted by Gasteiger charge is -2.46. The molecule has 0 aliphatic carbocycles. The van der Waals surface area contributed by atoms with Crippen molar-refractivity contribution in [3.63, 3.8) is 0 Å². The van der Waals surface area contributed by atoms with Crippen LogP contribution in [0.4, 0.5) is 171 Å². The summed E-state index contributed by atoms with van der Waals surface area (Å²) in [5, 5.41) is 0. The van der Waals surface area contributed by atoms with Gasteiger partial charge in [-0.05, 0) is 0 Å². The van der Waals surface area contributed by atoms with Crippen LogP contribution in [0, 0.1) is 23.3 Å². The number of hydrogen-bond donors (Lipinski definition) is 0. The molecule has 0 radical (unpaired) electrons. The highest BCUT2D eigenvalue weighted by molar-refractivity contribution is 8.09. The second-order valence-electron chi connectivity index (χ2n) is 12.3. The third-order valence-corrected chi connectivity index (χ3v) is 12.4. The average Bonchev–Trinajstić information content (AvgIpc) is 3.11.